The standard InChI is InChI=1S/C25H20N4OS/c30-24(23-5-2-14-29(23)16-19-10-12-26-13-11-19)28-25-27-22(17-31-25)9-7-18-6-8-20-3-1-4-21(20)15-18/h1-2,4-15,17H,3,16H2,(H,27,28,30)/b9-7+. The van der Waals surface area contributed by atoms with Crippen molar-refractivity contribution in [1.82, 2.24) is 14.5 Å². The molecule has 0 unspecified atom stereocenters. The van der Waals surface area contributed by atoms with Crippen LogP contribution in [0.5, 0.6) is 0 Å². The number of aromatic nitrogens is 3. The number of amides is 1. The average Bonchev–Trinajstić information content (AvgIpc) is 3.53. The highest BCUT2D eigenvalue weighted by Crippen LogP contribution is 2.23. The van der Waals surface area contributed by atoms with Crippen LogP contribution in [0.15, 0.2) is 72.5 Å². The molecular formula is C25H20N4OS. The number of benzene rings is 1. The maximum Gasteiger partial charge on any atom is 0.274 e. The van der Waals surface area contributed by atoms with Crippen LogP contribution in [0.2, 0.25) is 0 Å². The molecule has 0 radical (unpaired) electrons. The van der Waals surface area contributed by atoms with Crippen molar-refractivity contribution < 1.29 is 4.79 Å². The smallest absolute Gasteiger partial charge is 0.274 e. The zero-order valence-electron chi connectivity index (χ0n) is 16.7. The van der Waals surface area contributed by atoms with Crippen LogP contribution in [0.25, 0.3) is 18.2 Å². The molecule has 3 aromatic heterocycles. The molecular weight excluding hydrogens is 404 g/mol. The minimum absolute atomic E-state index is 0.172. The Morgan fingerprint density at radius 3 is 2.97 bits per heavy atom. The first-order valence-corrected chi connectivity index (χ1v) is 10.9. The Bertz CT molecular complexity index is 1280. The van der Waals surface area contributed by atoms with E-state index in [1.54, 1.807) is 12.4 Å². The Hall–Kier alpha value is -3.77. The fourth-order valence-electron chi connectivity index (χ4n) is 3.58. The van der Waals surface area contributed by atoms with Crippen molar-refractivity contribution in [2.45, 2.75) is 13.0 Å². The summed E-state index contributed by atoms with van der Waals surface area (Å²) in [4.78, 5) is 21.3. The van der Waals surface area contributed by atoms with Crippen LogP contribution in [-0.2, 0) is 13.0 Å². The summed E-state index contributed by atoms with van der Waals surface area (Å²) in [6.45, 7) is 0.611. The van der Waals surface area contributed by atoms with Crippen molar-refractivity contribution in [3.63, 3.8) is 0 Å². The lowest BCUT2D eigenvalue weighted by molar-refractivity contribution is 0.101. The summed E-state index contributed by atoms with van der Waals surface area (Å²) in [7, 11) is 0. The van der Waals surface area contributed by atoms with Gasteiger partial charge in [0.05, 0.1) is 5.69 Å². The fraction of sp³-hybridized carbons (Fsp3) is 0.0800. The maximum absolute atomic E-state index is 12.8. The van der Waals surface area contributed by atoms with E-state index in [0.717, 1.165) is 23.2 Å². The molecule has 0 aliphatic heterocycles. The van der Waals surface area contributed by atoms with Gasteiger partial charge in [0, 0.05) is 30.5 Å². The van der Waals surface area contributed by atoms with Crippen LogP contribution in [0, 0.1) is 0 Å². The van der Waals surface area contributed by atoms with Crippen LogP contribution < -0.4 is 5.32 Å². The van der Waals surface area contributed by atoms with Crippen molar-refractivity contribution in [1.29, 1.82) is 0 Å². The summed E-state index contributed by atoms with van der Waals surface area (Å²) >= 11 is 1.42. The molecule has 152 valence electrons. The first-order valence-electron chi connectivity index (χ1n) is 10.0. The molecule has 0 spiro atoms. The van der Waals surface area contributed by atoms with Crippen molar-refractivity contribution in [2.24, 2.45) is 0 Å². The van der Waals surface area contributed by atoms with Crippen LogP contribution >= 0.6 is 11.3 Å². The van der Waals surface area contributed by atoms with Crippen LogP contribution in [0.3, 0.4) is 0 Å². The van der Waals surface area contributed by atoms with Gasteiger partial charge in [-0.25, -0.2) is 4.98 Å². The zero-order chi connectivity index (χ0) is 21.0. The van der Waals surface area contributed by atoms with E-state index in [-0.39, 0.29) is 5.91 Å². The number of pyridine rings is 1. The van der Waals surface area contributed by atoms with Gasteiger partial charge in [-0.3, -0.25) is 15.1 Å². The van der Waals surface area contributed by atoms with Crippen LogP contribution in [0.1, 0.15) is 38.4 Å². The molecule has 0 atom stereocenters. The number of fused-ring (bicyclic) bond motifs is 1. The molecule has 1 amide bonds. The van der Waals surface area contributed by atoms with Gasteiger partial charge in [0.25, 0.3) is 5.91 Å². The SMILES string of the molecule is O=C(Nc1nc(/C=C/c2ccc3c(c2)C=CC3)cs1)c1cccn1Cc1ccncc1. The highest BCUT2D eigenvalue weighted by Gasteiger charge is 2.13. The molecule has 1 aromatic carbocycles. The molecule has 0 fully saturated rings. The number of hydrogen-bond donors (Lipinski definition) is 1. The predicted molar refractivity (Wildman–Crippen MR) is 126 cm³/mol. The number of carbonyl (C=O) groups excluding carboxylic acids is 1. The average molecular weight is 425 g/mol. The van der Waals surface area contributed by atoms with E-state index < -0.39 is 0 Å². The van der Waals surface area contributed by atoms with Gasteiger partial charge in [-0.05, 0) is 65.1 Å². The molecule has 1 aliphatic carbocycles. The van der Waals surface area contributed by atoms with E-state index in [9.17, 15) is 4.79 Å². The largest absolute Gasteiger partial charge is 0.339 e. The van der Waals surface area contributed by atoms with Crippen molar-refractivity contribution in [3.8, 4) is 0 Å². The Balaban J connectivity index is 1.25. The molecule has 4 aromatic rings. The second kappa shape index (κ2) is 8.53. The quantitative estimate of drug-likeness (QED) is 0.452. The van der Waals surface area contributed by atoms with E-state index in [1.807, 2.05) is 52.6 Å². The lowest BCUT2D eigenvalue weighted by Crippen LogP contribution is -2.17. The third-order valence-corrected chi connectivity index (χ3v) is 5.93. The number of thiazole rings is 1. The van der Waals surface area contributed by atoms with E-state index >= 15 is 0 Å². The molecule has 6 heteroatoms. The predicted octanol–water partition coefficient (Wildman–Crippen LogP) is 5.38. The van der Waals surface area contributed by atoms with E-state index in [1.165, 1.54) is 22.5 Å². The van der Waals surface area contributed by atoms with E-state index in [2.05, 4.69) is 45.6 Å². The van der Waals surface area contributed by atoms with E-state index in [0.29, 0.717) is 17.4 Å². The van der Waals surface area contributed by atoms with Gasteiger partial charge < -0.3 is 4.57 Å². The molecule has 1 N–H and O–H groups in total. The minimum Gasteiger partial charge on any atom is -0.339 e. The fourth-order valence-corrected chi connectivity index (χ4v) is 4.25. The molecule has 0 saturated heterocycles. The van der Waals surface area contributed by atoms with Crippen molar-refractivity contribution >= 4 is 40.6 Å². The summed E-state index contributed by atoms with van der Waals surface area (Å²) in [6, 6.07) is 14.0. The van der Waals surface area contributed by atoms with Gasteiger partial charge in [-0.2, -0.15) is 0 Å². The lowest BCUT2D eigenvalue weighted by atomic mass is 10.1. The number of allylic oxidation sites excluding steroid dienone is 1. The summed E-state index contributed by atoms with van der Waals surface area (Å²) in [5, 5.41) is 5.44. The molecule has 0 bridgehead atoms. The van der Waals surface area contributed by atoms with Crippen LogP contribution in [0.4, 0.5) is 5.13 Å². The number of hydrogen-bond acceptors (Lipinski definition) is 4. The van der Waals surface area contributed by atoms with Gasteiger partial charge in [-0.1, -0.05) is 30.4 Å². The third-order valence-electron chi connectivity index (χ3n) is 5.16. The molecule has 31 heavy (non-hydrogen) atoms. The second-order valence-electron chi connectivity index (χ2n) is 7.31. The molecule has 3 heterocycles. The van der Waals surface area contributed by atoms with Gasteiger partial charge in [0.15, 0.2) is 5.13 Å². The number of nitrogens with one attached hydrogen (secondary N) is 1. The first-order chi connectivity index (χ1) is 15.2. The molecule has 0 saturated carbocycles. The Kier molecular flexibility index (Phi) is 5.29. The second-order valence-corrected chi connectivity index (χ2v) is 8.16. The summed E-state index contributed by atoms with van der Waals surface area (Å²) in [6.07, 6.45) is 14.8. The maximum atomic E-state index is 12.8. The lowest BCUT2D eigenvalue weighted by Gasteiger charge is -2.08. The number of nitrogens with zero attached hydrogens (tertiary/aromatic N) is 3. The number of rotatable bonds is 6. The molecule has 5 rings (SSSR count). The number of anilines is 1. The zero-order valence-corrected chi connectivity index (χ0v) is 17.5. The first kappa shape index (κ1) is 19.2. The minimum atomic E-state index is -0.172. The molecule has 5 nitrogen and oxygen atoms in total. The van der Waals surface area contributed by atoms with Crippen molar-refractivity contribution in [3.05, 3.63) is 106 Å². The summed E-state index contributed by atoms with van der Waals surface area (Å²) in [5.74, 6) is -0.172. The van der Waals surface area contributed by atoms with Gasteiger partial charge >= 0.3 is 0 Å². The van der Waals surface area contributed by atoms with E-state index in [4.69, 9.17) is 0 Å². The number of carbonyl (C=O) groups is 1. The Morgan fingerprint density at radius 2 is 2.06 bits per heavy atom. The van der Waals surface area contributed by atoms with Crippen LogP contribution in [-0.4, -0.2) is 20.4 Å². The molecule has 1 aliphatic rings. The normalized spacial score (nSPS) is 12.4. The monoisotopic (exact) mass is 424 g/mol. The Morgan fingerprint density at radius 1 is 1.16 bits per heavy atom. The Labute approximate surface area is 184 Å². The van der Waals surface area contributed by atoms with Gasteiger partial charge in [0.1, 0.15) is 5.69 Å². The highest BCUT2D eigenvalue weighted by molar-refractivity contribution is 7.14. The summed E-state index contributed by atoms with van der Waals surface area (Å²) in [5.41, 5.74) is 6.29. The highest BCUT2D eigenvalue weighted by atomic mass is 32.1. The summed E-state index contributed by atoms with van der Waals surface area (Å²) < 4.78 is 1.92. The van der Waals surface area contributed by atoms with Crippen molar-refractivity contribution in [2.75, 3.05) is 5.32 Å². The van der Waals surface area contributed by atoms with Gasteiger partial charge in [0.2, 0.25) is 0 Å². The topological polar surface area (TPSA) is 59.8 Å². The third kappa shape index (κ3) is 4.39. The van der Waals surface area contributed by atoms with Gasteiger partial charge in [-0.15, -0.1) is 11.3 Å².